The van der Waals surface area contributed by atoms with Crippen LogP contribution in [0.3, 0.4) is 0 Å². The van der Waals surface area contributed by atoms with Crippen LogP contribution in [0.1, 0.15) is 34.5 Å². The summed E-state index contributed by atoms with van der Waals surface area (Å²) in [7, 11) is 0. The number of morpholine rings is 1. The van der Waals surface area contributed by atoms with Gasteiger partial charge in [-0.1, -0.05) is 42.5 Å². The van der Waals surface area contributed by atoms with Crippen LogP contribution >= 0.6 is 0 Å². The van der Waals surface area contributed by atoms with E-state index < -0.39 is 5.97 Å². The lowest BCUT2D eigenvalue weighted by Gasteiger charge is -2.39. The number of carbonyl (C=O) groups excluding carboxylic acids is 1. The second-order valence-electron chi connectivity index (χ2n) is 6.30. The van der Waals surface area contributed by atoms with Gasteiger partial charge in [0, 0.05) is 6.54 Å². The Morgan fingerprint density at radius 1 is 1.12 bits per heavy atom. The number of benzene rings is 2. The van der Waals surface area contributed by atoms with E-state index in [1.54, 1.807) is 12.1 Å². The van der Waals surface area contributed by atoms with Crippen molar-refractivity contribution in [1.82, 2.24) is 4.90 Å². The van der Waals surface area contributed by atoms with E-state index in [1.807, 2.05) is 42.2 Å². The molecule has 1 saturated heterocycles. The fourth-order valence-electron chi connectivity index (χ4n) is 3.07. The van der Waals surface area contributed by atoms with Gasteiger partial charge in [-0.3, -0.25) is 4.79 Å². The summed E-state index contributed by atoms with van der Waals surface area (Å²) in [6, 6.07) is 16.2. The largest absolute Gasteiger partial charge is 0.478 e. The smallest absolute Gasteiger partial charge is 0.335 e. The molecule has 1 amide bonds. The molecule has 2 aromatic carbocycles. The summed E-state index contributed by atoms with van der Waals surface area (Å²) in [5.41, 5.74) is 2.09. The molecule has 0 spiro atoms. The molecule has 1 fully saturated rings. The zero-order valence-corrected chi connectivity index (χ0v) is 14.1. The fourth-order valence-corrected chi connectivity index (χ4v) is 3.07. The fraction of sp³-hybridized carbons (Fsp3) is 0.300. The molecule has 5 nitrogen and oxygen atoms in total. The molecule has 2 unspecified atom stereocenters. The van der Waals surface area contributed by atoms with Crippen molar-refractivity contribution in [2.45, 2.75) is 25.5 Å². The molecule has 1 aliphatic heterocycles. The van der Waals surface area contributed by atoms with E-state index >= 15 is 0 Å². The first-order valence-corrected chi connectivity index (χ1v) is 8.33. The zero-order valence-electron chi connectivity index (χ0n) is 14.1. The number of carboxylic acid groups (broad SMARTS) is 1. The van der Waals surface area contributed by atoms with E-state index in [1.165, 1.54) is 12.1 Å². The predicted octanol–water partition coefficient (Wildman–Crippen LogP) is 2.92. The Morgan fingerprint density at radius 3 is 2.44 bits per heavy atom. The van der Waals surface area contributed by atoms with Crippen LogP contribution < -0.4 is 0 Å². The lowest BCUT2D eigenvalue weighted by Crippen LogP contribution is -2.47. The Hall–Kier alpha value is -2.66. The van der Waals surface area contributed by atoms with Crippen LogP contribution in [0.4, 0.5) is 0 Å². The topological polar surface area (TPSA) is 66.8 Å². The van der Waals surface area contributed by atoms with Crippen molar-refractivity contribution >= 4 is 11.9 Å². The molecule has 0 saturated carbocycles. The second-order valence-corrected chi connectivity index (χ2v) is 6.30. The lowest BCUT2D eigenvalue weighted by molar-refractivity contribution is -0.143. The Balaban J connectivity index is 1.76. The van der Waals surface area contributed by atoms with Crippen LogP contribution in [0.2, 0.25) is 0 Å². The first-order chi connectivity index (χ1) is 12.0. The molecule has 3 rings (SSSR count). The van der Waals surface area contributed by atoms with Gasteiger partial charge in [0.1, 0.15) is 0 Å². The van der Waals surface area contributed by atoms with Crippen LogP contribution in [0.25, 0.3) is 0 Å². The van der Waals surface area contributed by atoms with Gasteiger partial charge in [0.25, 0.3) is 0 Å². The molecule has 2 atom stereocenters. The highest BCUT2D eigenvalue weighted by atomic mass is 16.5. The van der Waals surface area contributed by atoms with Crippen molar-refractivity contribution in [3.63, 3.8) is 0 Å². The monoisotopic (exact) mass is 339 g/mol. The second kappa shape index (κ2) is 7.49. The Kier molecular flexibility index (Phi) is 5.14. The van der Waals surface area contributed by atoms with Crippen molar-refractivity contribution in [3.8, 4) is 0 Å². The molecular formula is C20H21NO4. The van der Waals surface area contributed by atoms with Crippen molar-refractivity contribution < 1.29 is 19.4 Å². The maximum absolute atomic E-state index is 12.9. The minimum Gasteiger partial charge on any atom is -0.478 e. The summed E-state index contributed by atoms with van der Waals surface area (Å²) in [5.74, 6) is -0.948. The summed E-state index contributed by atoms with van der Waals surface area (Å²) in [5, 5.41) is 8.96. The normalized spacial score (nSPS) is 20.3. The van der Waals surface area contributed by atoms with Gasteiger partial charge in [-0.2, -0.15) is 0 Å². The summed E-state index contributed by atoms with van der Waals surface area (Å²) >= 11 is 0. The molecule has 25 heavy (non-hydrogen) atoms. The Morgan fingerprint density at radius 2 is 1.80 bits per heavy atom. The number of amides is 1. The summed E-state index contributed by atoms with van der Waals surface area (Å²) < 4.78 is 5.76. The molecule has 0 aromatic heterocycles. The van der Waals surface area contributed by atoms with Gasteiger partial charge in [-0.05, 0) is 30.2 Å². The van der Waals surface area contributed by atoms with Crippen molar-refractivity contribution in [3.05, 3.63) is 71.3 Å². The first-order valence-electron chi connectivity index (χ1n) is 8.33. The molecule has 0 radical (unpaired) electrons. The number of nitrogens with zero attached hydrogens (tertiary/aromatic N) is 1. The quantitative estimate of drug-likeness (QED) is 0.930. The molecular weight excluding hydrogens is 318 g/mol. The standard InChI is InChI=1S/C20H21NO4/c1-14-12-21(18(13-25-14)16-5-3-2-4-6-16)19(22)11-15-7-9-17(10-8-15)20(23)24/h2-10,14,18H,11-13H2,1H3,(H,23,24). The third kappa shape index (κ3) is 4.06. The van der Waals surface area contributed by atoms with Gasteiger partial charge >= 0.3 is 5.97 Å². The number of rotatable bonds is 4. The number of hydrogen-bond acceptors (Lipinski definition) is 3. The van der Waals surface area contributed by atoms with E-state index in [4.69, 9.17) is 9.84 Å². The van der Waals surface area contributed by atoms with Crippen molar-refractivity contribution in [2.75, 3.05) is 13.2 Å². The van der Waals surface area contributed by atoms with Crippen LogP contribution in [-0.4, -0.2) is 41.1 Å². The Bertz CT molecular complexity index is 742. The van der Waals surface area contributed by atoms with Crippen molar-refractivity contribution in [1.29, 1.82) is 0 Å². The average Bonchev–Trinajstić information content (AvgIpc) is 2.63. The van der Waals surface area contributed by atoms with E-state index in [0.717, 1.165) is 11.1 Å². The summed E-state index contributed by atoms with van der Waals surface area (Å²) in [6.45, 7) is 2.99. The lowest BCUT2D eigenvalue weighted by atomic mass is 10.0. The number of hydrogen-bond donors (Lipinski definition) is 1. The van der Waals surface area contributed by atoms with Gasteiger partial charge in [0.05, 0.1) is 30.7 Å². The van der Waals surface area contributed by atoms with Crippen LogP contribution in [-0.2, 0) is 16.0 Å². The highest BCUT2D eigenvalue weighted by Crippen LogP contribution is 2.27. The summed E-state index contributed by atoms with van der Waals surface area (Å²) in [6.07, 6.45) is 0.244. The zero-order chi connectivity index (χ0) is 17.8. The average molecular weight is 339 g/mol. The molecule has 0 bridgehead atoms. The maximum atomic E-state index is 12.9. The third-order valence-electron chi connectivity index (χ3n) is 4.43. The van der Waals surface area contributed by atoms with Gasteiger partial charge in [0.2, 0.25) is 5.91 Å². The van der Waals surface area contributed by atoms with Crippen LogP contribution in [0.15, 0.2) is 54.6 Å². The van der Waals surface area contributed by atoms with Crippen LogP contribution in [0.5, 0.6) is 0 Å². The van der Waals surface area contributed by atoms with Crippen LogP contribution in [0, 0.1) is 0 Å². The van der Waals surface area contributed by atoms with Crippen molar-refractivity contribution in [2.24, 2.45) is 0 Å². The Labute approximate surface area is 146 Å². The minimum atomic E-state index is -0.968. The molecule has 1 N–H and O–H groups in total. The molecule has 130 valence electrons. The molecule has 0 aliphatic carbocycles. The van der Waals surface area contributed by atoms with Gasteiger partial charge < -0.3 is 14.7 Å². The van der Waals surface area contributed by atoms with E-state index in [9.17, 15) is 9.59 Å². The molecule has 5 heteroatoms. The highest BCUT2D eigenvalue weighted by molar-refractivity contribution is 5.87. The minimum absolute atomic E-state index is 0.00158. The SMILES string of the molecule is CC1CN(C(=O)Cc2ccc(C(=O)O)cc2)C(c2ccccc2)CO1. The first kappa shape index (κ1) is 17.2. The third-order valence-corrected chi connectivity index (χ3v) is 4.43. The van der Waals surface area contributed by atoms with E-state index in [2.05, 4.69) is 0 Å². The maximum Gasteiger partial charge on any atom is 0.335 e. The van der Waals surface area contributed by atoms with E-state index in [0.29, 0.717) is 13.2 Å². The van der Waals surface area contributed by atoms with Gasteiger partial charge in [-0.15, -0.1) is 0 Å². The molecule has 1 heterocycles. The number of ether oxygens (including phenoxy) is 1. The predicted molar refractivity (Wildman–Crippen MR) is 93.4 cm³/mol. The van der Waals surface area contributed by atoms with Gasteiger partial charge in [-0.25, -0.2) is 4.79 Å². The number of aromatic carboxylic acids is 1. The molecule has 1 aliphatic rings. The van der Waals surface area contributed by atoms with Gasteiger partial charge in [0.15, 0.2) is 0 Å². The summed E-state index contributed by atoms with van der Waals surface area (Å²) in [4.78, 5) is 25.7. The highest BCUT2D eigenvalue weighted by Gasteiger charge is 2.31. The number of carboxylic acids is 1. The number of carbonyl (C=O) groups is 2. The molecule has 2 aromatic rings. The van der Waals surface area contributed by atoms with E-state index in [-0.39, 0.29) is 30.0 Å².